The topological polar surface area (TPSA) is 72.3 Å². The smallest absolute Gasteiger partial charge is 0.321 e. The van der Waals surface area contributed by atoms with Crippen molar-refractivity contribution in [1.82, 2.24) is 19.7 Å². The molecule has 0 spiro atoms. The molecule has 150 valence electrons. The summed E-state index contributed by atoms with van der Waals surface area (Å²) in [6, 6.07) is 5.98. The number of nitrogens with one attached hydrogen (secondary N) is 1. The van der Waals surface area contributed by atoms with Crippen LogP contribution in [0.4, 0.5) is 19.3 Å². The van der Waals surface area contributed by atoms with Crippen molar-refractivity contribution in [2.45, 2.75) is 19.4 Å². The van der Waals surface area contributed by atoms with Crippen LogP contribution in [-0.2, 0) is 0 Å². The second-order valence-corrected chi connectivity index (χ2v) is 6.88. The number of carbonyl (C=O) groups is 1. The number of benzene rings is 1. The highest BCUT2D eigenvalue weighted by Crippen LogP contribution is 2.26. The Kier molecular flexibility index (Phi) is 5.11. The lowest BCUT2D eigenvalue weighted by molar-refractivity contribution is 0.220. The van der Waals surface area contributed by atoms with Crippen molar-refractivity contribution < 1.29 is 18.3 Å². The molecular formula is C20H19F2N5O2. The number of nitrogens with zero attached hydrogens (tertiary/aromatic N) is 4. The summed E-state index contributed by atoms with van der Waals surface area (Å²) in [7, 11) is 0. The number of ether oxygens (including phenoxy) is 1. The highest BCUT2D eigenvalue weighted by atomic mass is 19.1. The number of carbonyl (C=O) groups excluding carboxylic acids is 1. The Balaban J connectivity index is 1.39. The van der Waals surface area contributed by atoms with Gasteiger partial charge in [0.1, 0.15) is 5.82 Å². The number of anilines is 1. The van der Waals surface area contributed by atoms with Crippen molar-refractivity contribution in [1.29, 1.82) is 0 Å². The SMILES string of the molecule is Cc1cnn(C2CCN(C(=O)Nc3ccnc(Oc4ccc(F)cc4F)c3)C2)c1. The number of amides is 2. The van der Waals surface area contributed by atoms with E-state index >= 15 is 0 Å². The maximum atomic E-state index is 13.8. The summed E-state index contributed by atoms with van der Waals surface area (Å²) in [5.41, 5.74) is 1.54. The number of rotatable bonds is 4. The maximum Gasteiger partial charge on any atom is 0.321 e. The molecule has 3 aromatic rings. The standard InChI is InChI=1S/C20H19F2N5O2/c1-13-10-24-27(11-13)16-5-7-26(12-16)20(28)25-15-4-6-23-19(9-15)29-18-3-2-14(21)8-17(18)22/h2-4,6,8-11,16H,5,7,12H2,1H3,(H,23,25,28). The Bertz CT molecular complexity index is 1040. The number of hydrogen-bond acceptors (Lipinski definition) is 4. The first kappa shape index (κ1) is 18.9. The molecule has 1 aromatic carbocycles. The molecule has 2 amide bonds. The van der Waals surface area contributed by atoms with E-state index in [0.717, 1.165) is 24.1 Å². The third-order valence-electron chi connectivity index (χ3n) is 4.65. The molecule has 0 bridgehead atoms. The summed E-state index contributed by atoms with van der Waals surface area (Å²) < 4.78 is 34.0. The summed E-state index contributed by atoms with van der Waals surface area (Å²) in [5, 5.41) is 7.11. The second-order valence-electron chi connectivity index (χ2n) is 6.88. The van der Waals surface area contributed by atoms with Crippen molar-refractivity contribution in [2.75, 3.05) is 18.4 Å². The van der Waals surface area contributed by atoms with E-state index in [4.69, 9.17) is 4.74 Å². The van der Waals surface area contributed by atoms with Crippen molar-refractivity contribution in [2.24, 2.45) is 0 Å². The molecule has 29 heavy (non-hydrogen) atoms. The Morgan fingerprint density at radius 2 is 2.14 bits per heavy atom. The first-order valence-corrected chi connectivity index (χ1v) is 9.13. The minimum absolute atomic E-state index is 0.0830. The fraction of sp³-hybridized carbons (Fsp3) is 0.250. The number of aromatic nitrogens is 3. The van der Waals surface area contributed by atoms with Crippen LogP contribution in [0.1, 0.15) is 18.0 Å². The molecule has 4 rings (SSSR count). The molecule has 2 aromatic heterocycles. The number of pyridine rings is 1. The molecule has 1 atom stereocenters. The molecule has 9 heteroatoms. The lowest BCUT2D eigenvalue weighted by atomic mass is 10.3. The Morgan fingerprint density at radius 3 is 2.90 bits per heavy atom. The van der Waals surface area contributed by atoms with E-state index in [1.807, 2.05) is 17.8 Å². The third kappa shape index (κ3) is 4.34. The van der Waals surface area contributed by atoms with E-state index in [9.17, 15) is 13.6 Å². The minimum Gasteiger partial charge on any atom is -0.436 e. The van der Waals surface area contributed by atoms with Gasteiger partial charge in [0.25, 0.3) is 0 Å². The van der Waals surface area contributed by atoms with Crippen LogP contribution in [0.3, 0.4) is 0 Å². The number of likely N-dealkylation sites (tertiary alicyclic amines) is 1. The number of halogens is 2. The molecule has 0 saturated carbocycles. The van der Waals surface area contributed by atoms with Crippen molar-refractivity contribution in [3.63, 3.8) is 0 Å². The molecule has 3 heterocycles. The number of hydrogen-bond donors (Lipinski definition) is 1. The van der Waals surface area contributed by atoms with Crippen molar-refractivity contribution in [3.05, 3.63) is 66.1 Å². The van der Waals surface area contributed by atoms with E-state index in [-0.39, 0.29) is 23.7 Å². The molecule has 1 aliphatic rings. The van der Waals surface area contributed by atoms with E-state index < -0.39 is 11.6 Å². The van der Waals surface area contributed by atoms with Gasteiger partial charge >= 0.3 is 6.03 Å². The van der Waals surface area contributed by atoms with Crippen LogP contribution >= 0.6 is 0 Å². The summed E-state index contributed by atoms with van der Waals surface area (Å²) in [6.07, 6.45) is 6.02. The number of aryl methyl sites for hydroxylation is 1. The van der Waals surface area contributed by atoms with E-state index in [1.165, 1.54) is 18.3 Å². The summed E-state index contributed by atoms with van der Waals surface area (Å²) >= 11 is 0. The fourth-order valence-corrected chi connectivity index (χ4v) is 3.19. The predicted octanol–water partition coefficient (Wildman–Crippen LogP) is 4.14. The average Bonchev–Trinajstić information content (AvgIpc) is 3.33. The Hall–Kier alpha value is -3.49. The fourth-order valence-electron chi connectivity index (χ4n) is 3.19. The zero-order valence-corrected chi connectivity index (χ0v) is 15.7. The molecular weight excluding hydrogens is 380 g/mol. The van der Waals surface area contributed by atoms with Gasteiger partial charge in [-0.2, -0.15) is 5.10 Å². The monoisotopic (exact) mass is 399 g/mol. The van der Waals surface area contributed by atoms with E-state index in [0.29, 0.717) is 18.8 Å². The zero-order chi connectivity index (χ0) is 20.4. The van der Waals surface area contributed by atoms with Gasteiger partial charge < -0.3 is 15.0 Å². The van der Waals surface area contributed by atoms with Crippen LogP contribution in [0, 0.1) is 18.6 Å². The first-order chi connectivity index (χ1) is 14.0. The van der Waals surface area contributed by atoms with Gasteiger partial charge in [-0.25, -0.2) is 18.6 Å². The van der Waals surface area contributed by atoms with Gasteiger partial charge in [-0.1, -0.05) is 0 Å². The molecule has 1 N–H and O–H groups in total. The molecule has 1 fully saturated rings. The second kappa shape index (κ2) is 7.86. The lowest BCUT2D eigenvalue weighted by Gasteiger charge is -2.17. The van der Waals surface area contributed by atoms with Crippen LogP contribution in [-0.4, -0.2) is 38.8 Å². The van der Waals surface area contributed by atoms with E-state index in [2.05, 4.69) is 15.4 Å². The summed E-state index contributed by atoms with van der Waals surface area (Å²) in [5.74, 6) is -1.60. The molecule has 1 aliphatic heterocycles. The van der Waals surface area contributed by atoms with Crippen LogP contribution in [0.15, 0.2) is 48.9 Å². The van der Waals surface area contributed by atoms with Crippen LogP contribution in [0.2, 0.25) is 0 Å². The normalized spacial score (nSPS) is 16.1. The van der Waals surface area contributed by atoms with Crippen LogP contribution in [0.5, 0.6) is 11.6 Å². The van der Waals surface area contributed by atoms with Gasteiger partial charge in [0.2, 0.25) is 5.88 Å². The molecule has 7 nitrogen and oxygen atoms in total. The summed E-state index contributed by atoms with van der Waals surface area (Å²) in [4.78, 5) is 18.3. The summed E-state index contributed by atoms with van der Waals surface area (Å²) in [6.45, 7) is 3.15. The maximum absolute atomic E-state index is 13.8. The molecule has 1 unspecified atom stereocenters. The number of urea groups is 1. The van der Waals surface area contributed by atoms with Crippen molar-refractivity contribution in [3.8, 4) is 11.6 Å². The van der Waals surface area contributed by atoms with Gasteiger partial charge in [-0.15, -0.1) is 0 Å². The highest BCUT2D eigenvalue weighted by Gasteiger charge is 2.28. The van der Waals surface area contributed by atoms with Gasteiger partial charge in [-0.3, -0.25) is 4.68 Å². The van der Waals surface area contributed by atoms with Crippen LogP contribution < -0.4 is 10.1 Å². The molecule has 0 aliphatic carbocycles. The predicted molar refractivity (Wildman–Crippen MR) is 102 cm³/mol. The Morgan fingerprint density at radius 1 is 1.28 bits per heavy atom. The van der Waals surface area contributed by atoms with Gasteiger partial charge in [-0.05, 0) is 37.1 Å². The highest BCUT2D eigenvalue weighted by molar-refractivity contribution is 5.89. The lowest BCUT2D eigenvalue weighted by Crippen LogP contribution is -2.33. The van der Waals surface area contributed by atoms with Crippen molar-refractivity contribution >= 4 is 11.7 Å². The van der Waals surface area contributed by atoms with Gasteiger partial charge in [0.15, 0.2) is 11.6 Å². The Labute approximate surface area is 165 Å². The zero-order valence-electron chi connectivity index (χ0n) is 15.7. The average molecular weight is 399 g/mol. The van der Waals surface area contributed by atoms with Gasteiger partial charge in [0, 0.05) is 43.3 Å². The molecule has 0 radical (unpaired) electrons. The first-order valence-electron chi connectivity index (χ1n) is 9.13. The van der Waals surface area contributed by atoms with E-state index in [1.54, 1.807) is 17.2 Å². The van der Waals surface area contributed by atoms with Gasteiger partial charge in [0.05, 0.1) is 12.2 Å². The largest absolute Gasteiger partial charge is 0.436 e. The third-order valence-corrected chi connectivity index (χ3v) is 4.65. The quantitative estimate of drug-likeness (QED) is 0.716. The van der Waals surface area contributed by atoms with Crippen LogP contribution in [0.25, 0.3) is 0 Å². The minimum atomic E-state index is -0.835. The molecule has 1 saturated heterocycles.